The van der Waals surface area contributed by atoms with Crippen molar-refractivity contribution in [3.63, 3.8) is 0 Å². The Morgan fingerprint density at radius 1 is 1.05 bits per heavy atom. The van der Waals surface area contributed by atoms with Crippen LogP contribution in [0, 0.1) is 13.8 Å². The van der Waals surface area contributed by atoms with Crippen molar-refractivity contribution in [2.24, 2.45) is 5.14 Å². The van der Waals surface area contributed by atoms with Gasteiger partial charge in [-0.3, -0.25) is 0 Å². The molecule has 4 nitrogen and oxygen atoms in total. The Hall–Kier alpha value is -1.85. The van der Waals surface area contributed by atoms with Gasteiger partial charge in [0, 0.05) is 12.2 Å². The first-order chi connectivity index (χ1) is 9.38. The molecule has 0 bridgehead atoms. The molecule has 0 aromatic heterocycles. The van der Waals surface area contributed by atoms with Gasteiger partial charge in [0.1, 0.15) is 0 Å². The lowest BCUT2D eigenvalue weighted by Crippen LogP contribution is -2.12. The van der Waals surface area contributed by atoms with E-state index < -0.39 is 10.0 Å². The number of hydrogen-bond donors (Lipinski definition) is 2. The van der Waals surface area contributed by atoms with Crippen molar-refractivity contribution < 1.29 is 8.42 Å². The van der Waals surface area contributed by atoms with Crippen molar-refractivity contribution >= 4 is 15.7 Å². The topological polar surface area (TPSA) is 72.2 Å². The summed E-state index contributed by atoms with van der Waals surface area (Å²) in [6, 6.07) is 12.6. The van der Waals surface area contributed by atoms with Crippen LogP contribution in [-0.4, -0.2) is 8.42 Å². The van der Waals surface area contributed by atoms with Gasteiger partial charge in [-0.2, -0.15) is 0 Å². The zero-order valence-electron chi connectivity index (χ0n) is 11.6. The minimum atomic E-state index is -3.63. The van der Waals surface area contributed by atoms with E-state index in [-0.39, 0.29) is 4.90 Å². The van der Waals surface area contributed by atoms with Gasteiger partial charge in [-0.1, -0.05) is 18.2 Å². The Morgan fingerprint density at radius 2 is 1.70 bits per heavy atom. The minimum Gasteiger partial charge on any atom is -0.381 e. The lowest BCUT2D eigenvalue weighted by Gasteiger charge is -2.11. The van der Waals surface area contributed by atoms with E-state index in [1.54, 1.807) is 12.1 Å². The normalized spacial score (nSPS) is 11.3. The van der Waals surface area contributed by atoms with Crippen LogP contribution in [0.3, 0.4) is 0 Å². The van der Waals surface area contributed by atoms with Gasteiger partial charge in [0.2, 0.25) is 10.0 Å². The fourth-order valence-corrected chi connectivity index (χ4v) is 2.48. The summed E-state index contributed by atoms with van der Waals surface area (Å²) in [7, 11) is -3.63. The Morgan fingerprint density at radius 3 is 2.30 bits per heavy atom. The molecule has 0 amide bonds. The number of nitrogens with two attached hydrogens (primary N) is 1. The van der Waals surface area contributed by atoms with Crippen LogP contribution in [0.4, 0.5) is 5.69 Å². The fraction of sp³-hybridized carbons (Fsp3) is 0.200. The molecule has 0 radical (unpaired) electrons. The molecule has 2 rings (SSSR count). The number of anilines is 1. The first-order valence-corrected chi connectivity index (χ1v) is 7.84. The molecule has 0 fully saturated rings. The number of primary sulfonamides is 1. The molecule has 3 N–H and O–H groups in total. The van der Waals surface area contributed by atoms with Gasteiger partial charge in [-0.05, 0) is 54.8 Å². The summed E-state index contributed by atoms with van der Waals surface area (Å²) in [6.07, 6.45) is 0. The van der Waals surface area contributed by atoms with E-state index in [0.717, 1.165) is 5.69 Å². The molecule has 0 saturated carbocycles. The second-order valence-electron chi connectivity index (χ2n) is 4.78. The van der Waals surface area contributed by atoms with Gasteiger partial charge in [0.15, 0.2) is 0 Å². The van der Waals surface area contributed by atoms with Crippen molar-refractivity contribution in [3.05, 3.63) is 59.2 Å². The van der Waals surface area contributed by atoms with Crippen LogP contribution in [0.15, 0.2) is 47.4 Å². The van der Waals surface area contributed by atoms with Gasteiger partial charge in [0.25, 0.3) is 0 Å². The molecule has 5 heteroatoms. The fourth-order valence-electron chi connectivity index (χ4n) is 1.96. The average Bonchev–Trinajstić information content (AvgIpc) is 2.40. The van der Waals surface area contributed by atoms with Crippen LogP contribution < -0.4 is 10.5 Å². The molecule has 0 heterocycles. The number of hydrogen-bond acceptors (Lipinski definition) is 3. The second-order valence-corrected chi connectivity index (χ2v) is 6.34. The van der Waals surface area contributed by atoms with Crippen LogP contribution in [0.2, 0.25) is 0 Å². The summed E-state index contributed by atoms with van der Waals surface area (Å²) in [6.45, 7) is 4.87. The van der Waals surface area contributed by atoms with Gasteiger partial charge >= 0.3 is 0 Å². The van der Waals surface area contributed by atoms with Crippen molar-refractivity contribution in [1.29, 1.82) is 0 Å². The highest BCUT2D eigenvalue weighted by atomic mass is 32.2. The number of nitrogens with one attached hydrogen (secondary N) is 1. The minimum absolute atomic E-state index is 0.120. The first-order valence-electron chi connectivity index (χ1n) is 6.30. The monoisotopic (exact) mass is 290 g/mol. The Balaban J connectivity index is 2.10. The summed E-state index contributed by atoms with van der Waals surface area (Å²) < 4.78 is 22.3. The SMILES string of the molecule is Cc1cccc(CNc2ccc(S(N)(=O)=O)cc2)c1C. The summed E-state index contributed by atoms with van der Waals surface area (Å²) in [5, 5.41) is 8.33. The third kappa shape index (κ3) is 3.37. The van der Waals surface area contributed by atoms with Crippen molar-refractivity contribution in [1.82, 2.24) is 0 Å². The van der Waals surface area contributed by atoms with Crippen molar-refractivity contribution in [3.8, 4) is 0 Å². The van der Waals surface area contributed by atoms with E-state index in [4.69, 9.17) is 5.14 Å². The van der Waals surface area contributed by atoms with E-state index in [1.165, 1.54) is 28.8 Å². The number of sulfonamides is 1. The zero-order chi connectivity index (χ0) is 14.8. The third-order valence-electron chi connectivity index (χ3n) is 3.38. The Bertz CT molecular complexity index is 707. The lowest BCUT2D eigenvalue weighted by atomic mass is 10.0. The van der Waals surface area contributed by atoms with Crippen molar-refractivity contribution in [2.45, 2.75) is 25.3 Å². The smallest absolute Gasteiger partial charge is 0.238 e. The second kappa shape index (κ2) is 5.64. The average molecular weight is 290 g/mol. The van der Waals surface area contributed by atoms with E-state index in [9.17, 15) is 8.42 Å². The highest BCUT2D eigenvalue weighted by molar-refractivity contribution is 7.89. The number of aryl methyl sites for hydroxylation is 1. The van der Waals surface area contributed by atoms with Crippen LogP contribution in [0.25, 0.3) is 0 Å². The zero-order valence-corrected chi connectivity index (χ0v) is 12.4. The summed E-state index contributed by atoms with van der Waals surface area (Å²) in [5.41, 5.74) is 4.61. The Labute approximate surface area is 119 Å². The molecule has 0 saturated heterocycles. The van der Waals surface area contributed by atoms with Gasteiger partial charge < -0.3 is 5.32 Å². The maximum Gasteiger partial charge on any atom is 0.238 e. The molecule has 2 aromatic rings. The number of rotatable bonds is 4. The van der Waals surface area contributed by atoms with Gasteiger partial charge in [-0.25, -0.2) is 13.6 Å². The molecular formula is C15H18N2O2S. The van der Waals surface area contributed by atoms with E-state index in [2.05, 4.69) is 31.3 Å². The predicted molar refractivity (Wildman–Crippen MR) is 81.1 cm³/mol. The largest absolute Gasteiger partial charge is 0.381 e. The highest BCUT2D eigenvalue weighted by Gasteiger charge is 2.06. The molecule has 106 valence electrons. The molecule has 0 spiro atoms. The maximum atomic E-state index is 11.2. The maximum absolute atomic E-state index is 11.2. The van der Waals surface area contributed by atoms with Gasteiger partial charge in [0.05, 0.1) is 4.90 Å². The summed E-state index contributed by atoms with van der Waals surface area (Å²) in [4.78, 5) is 0.120. The molecule has 2 aromatic carbocycles. The number of benzene rings is 2. The molecule has 0 unspecified atom stereocenters. The van der Waals surface area contributed by atoms with Crippen LogP contribution in [0.5, 0.6) is 0 Å². The van der Waals surface area contributed by atoms with E-state index in [0.29, 0.717) is 6.54 Å². The standard InChI is InChI=1S/C15H18N2O2S/c1-11-4-3-5-13(12(11)2)10-17-14-6-8-15(9-7-14)20(16,18)19/h3-9,17H,10H2,1-2H3,(H2,16,18,19). The quantitative estimate of drug-likeness (QED) is 0.909. The third-order valence-corrected chi connectivity index (χ3v) is 4.31. The molecule has 0 aliphatic carbocycles. The summed E-state index contributed by atoms with van der Waals surface area (Å²) in [5.74, 6) is 0. The van der Waals surface area contributed by atoms with Crippen molar-refractivity contribution in [2.75, 3.05) is 5.32 Å². The molecule has 0 aliphatic rings. The molecular weight excluding hydrogens is 272 g/mol. The van der Waals surface area contributed by atoms with E-state index in [1.807, 2.05) is 6.07 Å². The van der Waals surface area contributed by atoms with Crippen LogP contribution >= 0.6 is 0 Å². The van der Waals surface area contributed by atoms with Gasteiger partial charge in [-0.15, -0.1) is 0 Å². The predicted octanol–water partition coefficient (Wildman–Crippen LogP) is 2.56. The molecule has 0 aliphatic heterocycles. The summed E-state index contributed by atoms with van der Waals surface area (Å²) >= 11 is 0. The van der Waals surface area contributed by atoms with Crippen LogP contribution in [-0.2, 0) is 16.6 Å². The Kier molecular flexibility index (Phi) is 4.11. The van der Waals surface area contributed by atoms with Crippen LogP contribution in [0.1, 0.15) is 16.7 Å². The molecule has 0 atom stereocenters. The highest BCUT2D eigenvalue weighted by Crippen LogP contribution is 2.16. The molecule has 20 heavy (non-hydrogen) atoms. The first kappa shape index (κ1) is 14.6. The lowest BCUT2D eigenvalue weighted by molar-refractivity contribution is 0.598. The van der Waals surface area contributed by atoms with E-state index >= 15 is 0 Å².